The Morgan fingerprint density at radius 3 is 2.34 bits per heavy atom. The molecule has 0 atom stereocenters. The molecule has 1 heterocycles. The summed E-state index contributed by atoms with van der Waals surface area (Å²) in [5.41, 5.74) is 1.75. The molecule has 0 saturated carbocycles. The van der Waals surface area contributed by atoms with Gasteiger partial charge in [0.2, 0.25) is 0 Å². The molecule has 1 N–H and O–H groups in total. The fourth-order valence-electron chi connectivity index (χ4n) is 3.21. The molecule has 0 aliphatic rings. The van der Waals surface area contributed by atoms with E-state index < -0.39 is 16.0 Å². The van der Waals surface area contributed by atoms with Crippen LogP contribution in [0.5, 0.6) is 11.5 Å². The molecule has 0 spiro atoms. The number of carbonyl (C=O) groups is 1. The van der Waals surface area contributed by atoms with Crippen LogP contribution in [0.2, 0.25) is 0 Å². The summed E-state index contributed by atoms with van der Waals surface area (Å²) in [6.45, 7) is 1.25. The normalized spacial score (nSPS) is 11.5. The average Bonchev–Trinajstić information content (AvgIpc) is 3.10. The average molecular weight is 407 g/mol. The van der Waals surface area contributed by atoms with Gasteiger partial charge in [-0.05, 0) is 35.9 Å². The quantitative estimate of drug-likeness (QED) is 0.405. The van der Waals surface area contributed by atoms with Gasteiger partial charge in [-0.3, -0.25) is 4.79 Å². The van der Waals surface area contributed by atoms with Crippen molar-refractivity contribution in [3.63, 3.8) is 0 Å². The minimum absolute atomic E-state index is 0.0434. The maximum atomic E-state index is 13.2. The molecule has 0 aliphatic carbocycles. The van der Waals surface area contributed by atoms with Gasteiger partial charge in [-0.2, -0.15) is 0 Å². The second-order valence-electron chi connectivity index (χ2n) is 6.45. The SMILES string of the molecule is CC(=O)Oc1ccc(-c2cn(S(=O)(=O)c3ccccc3)c3ccccc23)cc1O. The molecular weight excluding hydrogens is 390 g/mol. The number of hydrogen-bond donors (Lipinski definition) is 1. The highest BCUT2D eigenvalue weighted by Crippen LogP contribution is 2.37. The fourth-order valence-corrected chi connectivity index (χ4v) is 4.60. The predicted octanol–water partition coefficient (Wildman–Crippen LogP) is 4.18. The lowest BCUT2D eigenvalue weighted by Crippen LogP contribution is -2.11. The van der Waals surface area contributed by atoms with Crippen molar-refractivity contribution in [2.45, 2.75) is 11.8 Å². The molecule has 0 aliphatic heterocycles. The van der Waals surface area contributed by atoms with Crippen LogP contribution in [0, 0.1) is 0 Å². The smallest absolute Gasteiger partial charge is 0.308 e. The standard InChI is InChI=1S/C22H17NO5S/c1-15(24)28-22-12-11-16(13-21(22)25)19-14-23(20-10-6-5-9-18(19)20)29(26,27)17-7-3-2-4-8-17/h2-14,25H,1H3. The van der Waals surface area contributed by atoms with Gasteiger partial charge < -0.3 is 9.84 Å². The van der Waals surface area contributed by atoms with E-state index in [0.29, 0.717) is 22.0 Å². The van der Waals surface area contributed by atoms with Gasteiger partial charge in [0.15, 0.2) is 11.5 Å². The number of carbonyl (C=O) groups excluding carboxylic acids is 1. The number of phenolic OH excluding ortho intramolecular Hbond substituents is 1. The summed E-state index contributed by atoms with van der Waals surface area (Å²) < 4.78 is 32.6. The van der Waals surface area contributed by atoms with Gasteiger partial charge in [0.05, 0.1) is 10.4 Å². The van der Waals surface area contributed by atoms with E-state index in [9.17, 15) is 18.3 Å². The van der Waals surface area contributed by atoms with E-state index in [0.717, 1.165) is 0 Å². The Morgan fingerprint density at radius 2 is 1.66 bits per heavy atom. The number of nitrogens with zero attached hydrogens (tertiary/aromatic N) is 1. The van der Waals surface area contributed by atoms with E-state index >= 15 is 0 Å². The van der Waals surface area contributed by atoms with Crippen molar-refractivity contribution in [3.05, 3.63) is 79.0 Å². The largest absolute Gasteiger partial charge is 0.504 e. The zero-order chi connectivity index (χ0) is 20.6. The predicted molar refractivity (Wildman–Crippen MR) is 109 cm³/mol. The van der Waals surface area contributed by atoms with Gasteiger partial charge in [0, 0.05) is 24.1 Å². The number of rotatable bonds is 4. The van der Waals surface area contributed by atoms with Gasteiger partial charge in [-0.15, -0.1) is 0 Å². The van der Waals surface area contributed by atoms with Crippen LogP contribution in [0.25, 0.3) is 22.0 Å². The van der Waals surface area contributed by atoms with Gasteiger partial charge in [0.25, 0.3) is 10.0 Å². The number of ether oxygens (including phenoxy) is 1. The molecule has 0 bridgehead atoms. The highest BCUT2D eigenvalue weighted by molar-refractivity contribution is 7.90. The van der Waals surface area contributed by atoms with Gasteiger partial charge in [0.1, 0.15) is 0 Å². The van der Waals surface area contributed by atoms with E-state index in [1.165, 1.54) is 29.2 Å². The molecule has 4 rings (SSSR count). The highest BCUT2D eigenvalue weighted by atomic mass is 32.2. The molecule has 0 amide bonds. The molecule has 7 heteroatoms. The van der Waals surface area contributed by atoms with E-state index in [2.05, 4.69) is 0 Å². The zero-order valence-corrected chi connectivity index (χ0v) is 16.3. The Morgan fingerprint density at radius 1 is 0.966 bits per heavy atom. The van der Waals surface area contributed by atoms with E-state index in [4.69, 9.17) is 4.74 Å². The number of hydrogen-bond acceptors (Lipinski definition) is 5. The van der Waals surface area contributed by atoms with Crippen LogP contribution < -0.4 is 4.74 Å². The lowest BCUT2D eigenvalue weighted by molar-refractivity contribution is -0.132. The van der Waals surface area contributed by atoms with Crippen LogP contribution in [0.15, 0.2) is 83.9 Å². The van der Waals surface area contributed by atoms with Crippen molar-refractivity contribution < 1.29 is 23.1 Å². The Balaban J connectivity index is 1.90. The monoisotopic (exact) mass is 407 g/mol. The summed E-state index contributed by atoms with van der Waals surface area (Å²) in [5.74, 6) is -0.707. The molecule has 3 aromatic carbocycles. The third-order valence-corrected chi connectivity index (χ3v) is 6.19. The second-order valence-corrected chi connectivity index (χ2v) is 8.26. The Kier molecular flexibility index (Phi) is 4.60. The first-order valence-electron chi connectivity index (χ1n) is 8.80. The molecular formula is C22H17NO5S. The summed E-state index contributed by atoms with van der Waals surface area (Å²) in [4.78, 5) is 11.3. The molecule has 4 aromatic rings. The summed E-state index contributed by atoms with van der Waals surface area (Å²) >= 11 is 0. The second kappa shape index (κ2) is 7.10. The Hall–Kier alpha value is -3.58. The summed E-state index contributed by atoms with van der Waals surface area (Å²) in [6, 6.07) is 19.9. The third kappa shape index (κ3) is 3.36. The van der Waals surface area contributed by atoms with E-state index in [1.807, 2.05) is 12.1 Å². The van der Waals surface area contributed by atoms with Crippen molar-refractivity contribution in [2.75, 3.05) is 0 Å². The van der Waals surface area contributed by atoms with Gasteiger partial charge in [-0.1, -0.05) is 42.5 Å². The summed E-state index contributed by atoms with van der Waals surface area (Å²) in [5, 5.41) is 10.9. The maximum Gasteiger partial charge on any atom is 0.308 e. The first kappa shape index (κ1) is 18.8. The Bertz CT molecular complexity index is 1320. The zero-order valence-electron chi connectivity index (χ0n) is 15.4. The number of fused-ring (bicyclic) bond motifs is 1. The van der Waals surface area contributed by atoms with Crippen molar-refractivity contribution in [2.24, 2.45) is 0 Å². The number of benzene rings is 3. The number of phenols is 1. The van der Waals surface area contributed by atoms with Crippen LogP contribution in [0.1, 0.15) is 6.92 Å². The van der Waals surface area contributed by atoms with Crippen LogP contribution in [0.4, 0.5) is 0 Å². The van der Waals surface area contributed by atoms with Gasteiger partial charge >= 0.3 is 5.97 Å². The van der Waals surface area contributed by atoms with E-state index in [1.54, 1.807) is 48.5 Å². The molecule has 146 valence electrons. The van der Waals surface area contributed by atoms with Gasteiger partial charge in [-0.25, -0.2) is 12.4 Å². The van der Waals surface area contributed by atoms with E-state index in [-0.39, 0.29) is 16.4 Å². The first-order valence-corrected chi connectivity index (χ1v) is 10.2. The number of aromatic hydroxyl groups is 1. The highest BCUT2D eigenvalue weighted by Gasteiger charge is 2.22. The van der Waals surface area contributed by atoms with Crippen molar-refractivity contribution >= 4 is 26.9 Å². The first-order chi connectivity index (χ1) is 13.9. The fraction of sp³-hybridized carbons (Fsp3) is 0.0455. The molecule has 29 heavy (non-hydrogen) atoms. The Labute approximate surface area is 167 Å². The summed E-state index contributed by atoms with van der Waals surface area (Å²) in [7, 11) is -3.80. The minimum Gasteiger partial charge on any atom is -0.504 e. The number of esters is 1. The molecule has 1 aromatic heterocycles. The minimum atomic E-state index is -3.80. The van der Waals surface area contributed by atoms with Crippen molar-refractivity contribution in [1.82, 2.24) is 3.97 Å². The maximum absolute atomic E-state index is 13.2. The molecule has 0 fully saturated rings. The third-order valence-electron chi connectivity index (χ3n) is 4.50. The molecule has 0 unspecified atom stereocenters. The molecule has 0 radical (unpaired) electrons. The lowest BCUT2D eigenvalue weighted by Gasteiger charge is -2.07. The van der Waals surface area contributed by atoms with Crippen molar-refractivity contribution in [3.8, 4) is 22.6 Å². The van der Waals surface area contributed by atoms with Crippen LogP contribution in [-0.4, -0.2) is 23.5 Å². The van der Waals surface area contributed by atoms with Crippen LogP contribution >= 0.6 is 0 Å². The molecule has 0 saturated heterocycles. The topological polar surface area (TPSA) is 85.6 Å². The van der Waals surface area contributed by atoms with Crippen molar-refractivity contribution in [1.29, 1.82) is 0 Å². The summed E-state index contributed by atoms with van der Waals surface area (Å²) in [6.07, 6.45) is 1.53. The number of aromatic nitrogens is 1. The van der Waals surface area contributed by atoms with Crippen LogP contribution in [-0.2, 0) is 14.8 Å². The molecule has 6 nitrogen and oxygen atoms in total. The lowest BCUT2D eigenvalue weighted by atomic mass is 10.0. The number of para-hydroxylation sites is 1. The van der Waals surface area contributed by atoms with Crippen LogP contribution in [0.3, 0.4) is 0 Å².